The van der Waals surface area contributed by atoms with Crippen molar-refractivity contribution in [1.29, 1.82) is 0 Å². The van der Waals surface area contributed by atoms with Gasteiger partial charge in [-0.3, -0.25) is 14.5 Å². The van der Waals surface area contributed by atoms with Crippen LogP contribution in [0.4, 0.5) is 15.8 Å². The van der Waals surface area contributed by atoms with Crippen molar-refractivity contribution in [2.75, 3.05) is 23.4 Å². The van der Waals surface area contributed by atoms with E-state index in [0.717, 1.165) is 5.56 Å². The van der Waals surface area contributed by atoms with Crippen molar-refractivity contribution in [2.24, 2.45) is 0 Å². The highest BCUT2D eigenvalue weighted by Crippen LogP contribution is 2.29. The predicted octanol–water partition coefficient (Wildman–Crippen LogP) is 5.45. The van der Waals surface area contributed by atoms with Gasteiger partial charge < -0.3 is 15.0 Å². The number of nitrogens with one attached hydrogen (secondary N) is 1. The molecule has 1 unspecified atom stereocenters. The summed E-state index contributed by atoms with van der Waals surface area (Å²) in [5.41, 5.74) is 2.05. The van der Waals surface area contributed by atoms with Crippen molar-refractivity contribution >= 4 is 52.1 Å². The van der Waals surface area contributed by atoms with Crippen LogP contribution in [-0.2, 0) is 16.0 Å². The summed E-state index contributed by atoms with van der Waals surface area (Å²) in [6.07, 6.45) is 0.433. The van der Waals surface area contributed by atoms with E-state index in [-0.39, 0.29) is 24.1 Å². The highest BCUT2D eigenvalue weighted by Gasteiger charge is 2.43. The van der Waals surface area contributed by atoms with Crippen LogP contribution in [0.25, 0.3) is 0 Å². The van der Waals surface area contributed by atoms with Gasteiger partial charge in [-0.05, 0) is 79.7 Å². The molecule has 6 nitrogen and oxygen atoms in total. The van der Waals surface area contributed by atoms with Crippen LogP contribution in [0.3, 0.4) is 0 Å². The quantitative estimate of drug-likeness (QED) is 0.376. The summed E-state index contributed by atoms with van der Waals surface area (Å²) in [5, 5.41) is 3.69. The number of rotatable bonds is 9. The number of amides is 2. The molecule has 9 heteroatoms. The van der Waals surface area contributed by atoms with Crippen molar-refractivity contribution in [3.8, 4) is 5.75 Å². The molecule has 186 valence electrons. The van der Waals surface area contributed by atoms with Crippen LogP contribution in [0.2, 0.25) is 5.02 Å². The van der Waals surface area contributed by atoms with Crippen molar-refractivity contribution in [3.63, 3.8) is 0 Å². The van der Waals surface area contributed by atoms with E-state index in [2.05, 4.69) is 5.32 Å². The fraction of sp³-hybridized carbons (Fsp3) is 0.222. The van der Waals surface area contributed by atoms with Gasteiger partial charge in [-0.15, -0.1) is 0 Å². The number of ether oxygens (including phenoxy) is 1. The predicted molar refractivity (Wildman–Crippen MR) is 143 cm³/mol. The molecule has 0 bridgehead atoms. The molecule has 36 heavy (non-hydrogen) atoms. The molecule has 1 N–H and O–H groups in total. The molecule has 1 aliphatic rings. The second-order valence-corrected chi connectivity index (χ2v) is 9.03. The number of halogens is 2. The van der Waals surface area contributed by atoms with Crippen LogP contribution >= 0.6 is 23.8 Å². The van der Waals surface area contributed by atoms with Crippen molar-refractivity contribution in [2.45, 2.75) is 25.8 Å². The maximum Gasteiger partial charge on any atom is 0.256 e. The van der Waals surface area contributed by atoms with E-state index in [1.54, 1.807) is 65.6 Å². The zero-order valence-electron chi connectivity index (χ0n) is 19.6. The Labute approximate surface area is 219 Å². The number of carbonyl (C=O) groups is 2. The van der Waals surface area contributed by atoms with Gasteiger partial charge in [0.1, 0.15) is 17.6 Å². The van der Waals surface area contributed by atoms with Crippen molar-refractivity contribution < 1.29 is 18.7 Å². The Bertz CT molecular complexity index is 1250. The minimum Gasteiger partial charge on any atom is -0.494 e. The highest BCUT2D eigenvalue weighted by molar-refractivity contribution is 7.80. The van der Waals surface area contributed by atoms with Crippen LogP contribution in [0.5, 0.6) is 5.75 Å². The summed E-state index contributed by atoms with van der Waals surface area (Å²) >= 11 is 11.7. The molecular weight excluding hydrogens is 501 g/mol. The smallest absolute Gasteiger partial charge is 0.256 e. The summed E-state index contributed by atoms with van der Waals surface area (Å²) in [4.78, 5) is 29.7. The molecule has 1 fully saturated rings. The van der Waals surface area contributed by atoms with E-state index in [1.807, 2.05) is 6.92 Å². The Kier molecular flexibility index (Phi) is 8.18. The average Bonchev–Trinajstić information content (AvgIpc) is 3.08. The van der Waals surface area contributed by atoms with Crippen molar-refractivity contribution in [3.05, 3.63) is 89.2 Å². The molecule has 2 amide bonds. The third-order valence-electron chi connectivity index (χ3n) is 5.77. The van der Waals surface area contributed by atoms with Crippen LogP contribution < -0.4 is 15.0 Å². The first-order valence-corrected chi connectivity index (χ1v) is 12.3. The zero-order valence-corrected chi connectivity index (χ0v) is 21.2. The summed E-state index contributed by atoms with van der Waals surface area (Å²) in [6.45, 7) is 2.78. The maximum absolute atomic E-state index is 13.5. The van der Waals surface area contributed by atoms with E-state index >= 15 is 0 Å². The molecule has 4 rings (SSSR count). The first-order valence-electron chi connectivity index (χ1n) is 11.5. The third-order valence-corrected chi connectivity index (χ3v) is 6.43. The minimum atomic E-state index is -0.788. The topological polar surface area (TPSA) is 61.9 Å². The second-order valence-electron chi connectivity index (χ2n) is 8.23. The Hall–Kier alpha value is -3.49. The van der Waals surface area contributed by atoms with E-state index in [9.17, 15) is 14.0 Å². The van der Waals surface area contributed by atoms with Gasteiger partial charge >= 0.3 is 0 Å². The van der Waals surface area contributed by atoms with Gasteiger partial charge in [0.15, 0.2) is 5.11 Å². The second kappa shape index (κ2) is 11.5. The Morgan fingerprint density at radius 2 is 1.83 bits per heavy atom. The molecule has 0 aliphatic carbocycles. The number of nitrogens with zero attached hydrogens (tertiary/aromatic N) is 2. The molecule has 3 aromatic carbocycles. The number of carbonyl (C=O) groups excluding carboxylic acids is 2. The van der Waals surface area contributed by atoms with Gasteiger partial charge in [0.2, 0.25) is 5.91 Å². The zero-order chi connectivity index (χ0) is 25.7. The number of benzene rings is 3. The van der Waals surface area contributed by atoms with Crippen LogP contribution in [0, 0.1) is 5.82 Å². The van der Waals surface area contributed by atoms with Gasteiger partial charge in [0.25, 0.3) is 5.91 Å². The van der Waals surface area contributed by atoms with Gasteiger partial charge in [-0.2, -0.15) is 0 Å². The number of hydrogen-bond acceptors (Lipinski definition) is 4. The minimum absolute atomic E-state index is 0.0919. The molecule has 1 aliphatic heterocycles. The van der Waals surface area contributed by atoms with E-state index in [1.165, 1.54) is 17.0 Å². The van der Waals surface area contributed by atoms with Gasteiger partial charge in [-0.25, -0.2) is 4.39 Å². The molecule has 0 radical (unpaired) electrons. The van der Waals surface area contributed by atoms with E-state index in [4.69, 9.17) is 28.6 Å². The molecule has 0 spiro atoms. The summed E-state index contributed by atoms with van der Waals surface area (Å²) in [5.74, 6) is -0.292. The SMILES string of the molecule is CCOc1cccc(NC(=O)CC2C(=O)N(c3ccc(Cl)cc3)C(=S)N2CCc2ccc(F)cc2)c1. The monoisotopic (exact) mass is 525 g/mol. The Morgan fingerprint density at radius 3 is 2.53 bits per heavy atom. The number of thiocarbonyl (C=S) groups is 1. The lowest BCUT2D eigenvalue weighted by atomic mass is 10.1. The molecule has 1 heterocycles. The summed E-state index contributed by atoms with van der Waals surface area (Å²) < 4.78 is 18.8. The maximum atomic E-state index is 13.5. The molecule has 3 aromatic rings. The fourth-order valence-corrected chi connectivity index (χ4v) is 4.57. The van der Waals surface area contributed by atoms with Gasteiger partial charge in [-0.1, -0.05) is 29.8 Å². The first-order chi connectivity index (χ1) is 17.4. The molecule has 0 saturated carbocycles. The van der Waals surface area contributed by atoms with Crippen LogP contribution in [-0.4, -0.2) is 41.0 Å². The lowest BCUT2D eigenvalue weighted by Crippen LogP contribution is -2.39. The summed E-state index contributed by atoms with van der Waals surface area (Å²) in [6, 6.07) is 19.3. The largest absolute Gasteiger partial charge is 0.494 e. The lowest BCUT2D eigenvalue weighted by Gasteiger charge is -2.24. The molecule has 0 aromatic heterocycles. The first kappa shape index (κ1) is 25.6. The van der Waals surface area contributed by atoms with Gasteiger partial charge in [0.05, 0.1) is 18.7 Å². The average molecular weight is 526 g/mol. The Morgan fingerprint density at radius 1 is 1.11 bits per heavy atom. The fourth-order valence-electron chi connectivity index (χ4n) is 4.03. The van der Waals surface area contributed by atoms with Crippen LogP contribution in [0.1, 0.15) is 18.9 Å². The summed E-state index contributed by atoms with van der Waals surface area (Å²) in [7, 11) is 0. The standard InChI is InChI=1S/C27H25ClFN3O3S/c1-2-35-23-5-3-4-21(16-23)30-25(33)17-24-26(34)32(22-12-8-19(28)9-13-22)27(36)31(24)15-14-18-6-10-20(29)11-7-18/h3-13,16,24H,2,14-15,17H2,1H3,(H,30,33). The Balaban J connectivity index is 1.54. The van der Waals surface area contributed by atoms with E-state index < -0.39 is 6.04 Å². The normalized spacial score (nSPS) is 15.4. The highest BCUT2D eigenvalue weighted by atomic mass is 35.5. The molecule has 1 saturated heterocycles. The van der Waals surface area contributed by atoms with Crippen LogP contribution in [0.15, 0.2) is 72.8 Å². The third kappa shape index (κ3) is 6.01. The molecule has 1 atom stereocenters. The number of hydrogen-bond donors (Lipinski definition) is 1. The van der Waals surface area contributed by atoms with Crippen molar-refractivity contribution in [1.82, 2.24) is 4.90 Å². The van der Waals surface area contributed by atoms with E-state index in [0.29, 0.717) is 46.8 Å². The number of anilines is 2. The lowest BCUT2D eigenvalue weighted by molar-refractivity contribution is -0.124. The van der Waals surface area contributed by atoms with Gasteiger partial charge in [0, 0.05) is 23.3 Å². The molecular formula is C27H25ClFN3O3S.